The van der Waals surface area contributed by atoms with Crippen LogP contribution in [0.25, 0.3) is 11.4 Å². The molecule has 5 rings (SSSR count). The van der Waals surface area contributed by atoms with Crippen molar-refractivity contribution in [1.29, 1.82) is 0 Å². The zero-order valence-electron chi connectivity index (χ0n) is 23.3. The maximum absolute atomic E-state index is 14.1. The first kappa shape index (κ1) is 26.7. The summed E-state index contributed by atoms with van der Waals surface area (Å²) in [6.45, 7) is 11.4. The second kappa shape index (κ2) is 10.00. The Morgan fingerprint density at radius 1 is 0.700 bits per heavy atom. The van der Waals surface area contributed by atoms with Crippen molar-refractivity contribution < 1.29 is 4.92 Å². The summed E-state index contributed by atoms with van der Waals surface area (Å²) < 4.78 is 2.96. The van der Waals surface area contributed by atoms with E-state index in [1.165, 1.54) is 21.5 Å². The van der Waals surface area contributed by atoms with Crippen molar-refractivity contribution in [2.75, 3.05) is 0 Å². The van der Waals surface area contributed by atoms with E-state index in [0.29, 0.717) is 39.5 Å². The zero-order chi connectivity index (χ0) is 28.9. The van der Waals surface area contributed by atoms with E-state index < -0.39 is 10.8 Å². The number of H-pyrrole nitrogens is 2. The van der Waals surface area contributed by atoms with Crippen LogP contribution < -0.4 is 11.1 Å². The lowest BCUT2D eigenvalue weighted by atomic mass is 9.85. The number of rotatable bonds is 6. The normalized spacial score (nSPS) is 11.4. The summed E-state index contributed by atoms with van der Waals surface area (Å²) in [6, 6.07) is 17.7. The lowest BCUT2D eigenvalue weighted by molar-refractivity contribution is -0.384. The SMILES string of the molecule is Cc1ccc(-n2[nH]c(C)c(C(c3cccc([N+](=O)[O-])c3)c3c(C)[nH]n(-c4ccc(C)cc4C)c3=O)c2=O)c(C)c1. The average Bonchev–Trinajstić information content (AvgIpc) is 3.34. The number of nitrogens with zero attached hydrogens (tertiary/aromatic N) is 3. The van der Waals surface area contributed by atoms with Crippen LogP contribution in [-0.4, -0.2) is 24.5 Å². The van der Waals surface area contributed by atoms with E-state index in [9.17, 15) is 19.7 Å². The summed E-state index contributed by atoms with van der Waals surface area (Å²) in [4.78, 5) is 39.4. The molecule has 0 fully saturated rings. The number of nitro groups is 1. The van der Waals surface area contributed by atoms with Gasteiger partial charge in [0, 0.05) is 29.4 Å². The highest BCUT2D eigenvalue weighted by Gasteiger charge is 2.32. The predicted octanol–water partition coefficient (Wildman–Crippen LogP) is 5.58. The van der Waals surface area contributed by atoms with Crippen molar-refractivity contribution in [2.45, 2.75) is 47.5 Å². The first-order chi connectivity index (χ1) is 19.0. The summed E-state index contributed by atoms with van der Waals surface area (Å²) in [5.41, 5.74) is 6.93. The first-order valence-electron chi connectivity index (χ1n) is 13.0. The number of non-ortho nitro benzene ring substituents is 1. The van der Waals surface area contributed by atoms with Gasteiger partial charge in [0.2, 0.25) is 0 Å². The fraction of sp³-hybridized carbons (Fsp3) is 0.226. The van der Waals surface area contributed by atoms with Crippen molar-refractivity contribution in [3.05, 3.63) is 142 Å². The quantitative estimate of drug-likeness (QED) is 0.217. The Hall–Kier alpha value is -4.92. The molecular formula is C31H31N5O4. The van der Waals surface area contributed by atoms with Crippen LogP contribution in [0.2, 0.25) is 0 Å². The summed E-state index contributed by atoms with van der Waals surface area (Å²) in [6.07, 6.45) is 0. The van der Waals surface area contributed by atoms with E-state index >= 15 is 0 Å². The summed E-state index contributed by atoms with van der Waals surface area (Å²) >= 11 is 0. The molecule has 0 saturated heterocycles. The fourth-order valence-electron chi connectivity index (χ4n) is 5.55. The lowest BCUT2D eigenvalue weighted by Gasteiger charge is -2.16. The average molecular weight is 538 g/mol. The van der Waals surface area contributed by atoms with Crippen LogP contribution in [0.3, 0.4) is 0 Å². The molecule has 5 aromatic rings. The van der Waals surface area contributed by atoms with Crippen molar-refractivity contribution in [2.24, 2.45) is 0 Å². The van der Waals surface area contributed by atoms with Gasteiger partial charge in [-0.15, -0.1) is 0 Å². The van der Waals surface area contributed by atoms with Gasteiger partial charge in [-0.1, -0.05) is 47.5 Å². The molecule has 40 heavy (non-hydrogen) atoms. The van der Waals surface area contributed by atoms with Gasteiger partial charge in [-0.25, -0.2) is 9.36 Å². The topological polar surface area (TPSA) is 119 Å². The second-order valence-corrected chi connectivity index (χ2v) is 10.4. The molecule has 2 N–H and O–H groups in total. The van der Waals surface area contributed by atoms with Gasteiger partial charge in [-0.05, 0) is 70.4 Å². The van der Waals surface area contributed by atoms with Gasteiger partial charge >= 0.3 is 0 Å². The number of hydrogen-bond donors (Lipinski definition) is 2. The van der Waals surface area contributed by atoms with E-state index in [2.05, 4.69) is 10.2 Å². The Morgan fingerprint density at radius 3 is 1.60 bits per heavy atom. The molecule has 3 aromatic carbocycles. The molecule has 0 aliphatic rings. The number of aromatic nitrogens is 4. The molecule has 0 atom stereocenters. The van der Waals surface area contributed by atoms with Crippen LogP contribution >= 0.6 is 0 Å². The summed E-state index contributed by atoms with van der Waals surface area (Å²) in [7, 11) is 0. The Labute approximate surface area is 230 Å². The smallest absolute Gasteiger partial charge is 0.275 e. The Bertz CT molecular complexity index is 1790. The van der Waals surface area contributed by atoms with Gasteiger partial charge in [0.15, 0.2) is 0 Å². The van der Waals surface area contributed by atoms with Crippen molar-refractivity contribution >= 4 is 5.69 Å². The molecular weight excluding hydrogens is 506 g/mol. The summed E-state index contributed by atoms with van der Waals surface area (Å²) in [5, 5.41) is 18.1. The van der Waals surface area contributed by atoms with E-state index in [1.54, 1.807) is 26.0 Å². The number of aryl methyl sites for hydroxylation is 6. The summed E-state index contributed by atoms with van der Waals surface area (Å²) in [5.74, 6) is -0.855. The van der Waals surface area contributed by atoms with Crippen LogP contribution in [0.5, 0.6) is 0 Å². The minimum atomic E-state index is -0.855. The number of hydrogen-bond acceptors (Lipinski definition) is 4. The predicted molar refractivity (Wildman–Crippen MR) is 155 cm³/mol. The molecule has 0 radical (unpaired) electrons. The maximum atomic E-state index is 14.1. The highest BCUT2D eigenvalue weighted by atomic mass is 16.6. The van der Waals surface area contributed by atoms with Gasteiger partial charge < -0.3 is 0 Å². The molecule has 0 unspecified atom stereocenters. The van der Waals surface area contributed by atoms with Gasteiger partial charge in [0.25, 0.3) is 16.8 Å². The minimum Gasteiger partial charge on any atom is -0.295 e. The highest BCUT2D eigenvalue weighted by molar-refractivity contribution is 5.51. The van der Waals surface area contributed by atoms with E-state index in [-0.39, 0.29) is 16.8 Å². The molecule has 2 aromatic heterocycles. The van der Waals surface area contributed by atoms with E-state index in [1.807, 2.05) is 64.1 Å². The van der Waals surface area contributed by atoms with Crippen LogP contribution in [0.1, 0.15) is 56.2 Å². The molecule has 0 bridgehead atoms. The van der Waals surface area contributed by atoms with Crippen LogP contribution in [0.4, 0.5) is 5.69 Å². The molecule has 9 heteroatoms. The molecule has 0 aliphatic heterocycles. The fourth-order valence-corrected chi connectivity index (χ4v) is 5.55. The third-order valence-corrected chi connectivity index (χ3v) is 7.41. The highest BCUT2D eigenvalue weighted by Crippen LogP contribution is 2.34. The Morgan fingerprint density at radius 2 is 1.18 bits per heavy atom. The first-order valence-corrected chi connectivity index (χ1v) is 13.0. The standard InChI is InChI=1S/C31H31N5O4/c1-17-10-12-25(19(3)14-17)34-30(37)27(21(5)32-34)29(23-8-7-9-24(16-23)36(39)40)28-22(6)33-35(31(28)38)26-13-11-18(2)15-20(26)4/h7-16,29,32-33H,1-6H3. The van der Waals surface area contributed by atoms with Crippen molar-refractivity contribution in [3.8, 4) is 11.4 Å². The molecule has 9 nitrogen and oxygen atoms in total. The largest absolute Gasteiger partial charge is 0.295 e. The zero-order valence-corrected chi connectivity index (χ0v) is 23.3. The van der Waals surface area contributed by atoms with Crippen LogP contribution in [-0.2, 0) is 0 Å². The third-order valence-electron chi connectivity index (χ3n) is 7.41. The van der Waals surface area contributed by atoms with Gasteiger partial charge in [0.1, 0.15) is 0 Å². The van der Waals surface area contributed by atoms with Crippen LogP contribution in [0, 0.1) is 51.7 Å². The van der Waals surface area contributed by atoms with Gasteiger partial charge in [-0.3, -0.25) is 29.9 Å². The monoisotopic (exact) mass is 537 g/mol. The Kier molecular flexibility index (Phi) is 6.67. The molecule has 2 heterocycles. The number of benzene rings is 3. The van der Waals surface area contributed by atoms with E-state index in [4.69, 9.17) is 0 Å². The van der Waals surface area contributed by atoms with Crippen molar-refractivity contribution in [3.63, 3.8) is 0 Å². The molecule has 0 aliphatic carbocycles. The molecule has 0 amide bonds. The number of nitro benzene ring substituents is 1. The second-order valence-electron chi connectivity index (χ2n) is 10.4. The molecule has 0 spiro atoms. The van der Waals surface area contributed by atoms with E-state index in [0.717, 1.165) is 22.3 Å². The van der Waals surface area contributed by atoms with Crippen molar-refractivity contribution in [1.82, 2.24) is 19.6 Å². The lowest BCUT2D eigenvalue weighted by Crippen LogP contribution is -2.26. The number of nitrogens with one attached hydrogen (secondary N) is 2. The Balaban J connectivity index is 1.80. The maximum Gasteiger partial charge on any atom is 0.275 e. The van der Waals surface area contributed by atoms with Crippen LogP contribution in [0.15, 0.2) is 70.3 Å². The third kappa shape index (κ3) is 4.49. The van der Waals surface area contributed by atoms with Gasteiger partial charge in [0.05, 0.1) is 27.4 Å². The molecule has 204 valence electrons. The van der Waals surface area contributed by atoms with Gasteiger partial charge in [-0.2, -0.15) is 0 Å². The minimum absolute atomic E-state index is 0.117. The number of aromatic amines is 2. The molecule has 0 saturated carbocycles.